The molecule has 0 radical (unpaired) electrons. The van der Waals surface area contributed by atoms with Crippen molar-refractivity contribution in [3.05, 3.63) is 52.5 Å². The van der Waals surface area contributed by atoms with Gasteiger partial charge in [0.1, 0.15) is 11.5 Å². The van der Waals surface area contributed by atoms with E-state index < -0.39 is 16.0 Å². The first-order valence-electron chi connectivity index (χ1n) is 6.42. The van der Waals surface area contributed by atoms with Crippen molar-refractivity contribution in [3.8, 4) is 11.5 Å². The molecule has 8 heteroatoms. The third-order valence-electron chi connectivity index (χ3n) is 2.75. The monoisotopic (exact) mass is 399 g/mol. The third-order valence-corrected chi connectivity index (χ3v) is 4.20. The highest BCUT2D eigenvalue weighted by atomic mass is 79.9. The number of para-hydroxylation sites is 1. The molecule has 23 heavy (non-hydrogen) atoms. The molecule has 6 nitrogen and oxygen atoms in total. The Balaban J connectivity index is 2.40. The molecule has 0 spiro atoms. The lowest BCUT2D eigenvalue weighted by Gasteiger charge is -2.13. The van der Waals surface area contributed by atoms with Crippen LogP contribution in [0, 0.1) is 0 Å². The number of anilines is 1. The summed E-state index contributed by atoms with van der Waals surface area (Å²) in [5.41, 5.74) is 0.325. The summed E-state index contributed by atoms with van der Waals surface area (Å²) in [5.74, 6) is 0.0581. The van der Waals surface area contributed by atoms with Gasteiger partial charge in [0.25, 0.3) is 0 Å². The van der Waals surface area contributed by atoms with Crippen molar-refractivity contribution >= 4 is 37.6 Å². The van der Waals surface area contributed by atoms with Gasteiger partial charge in [-0.3, -0.25) is 4.72 Å². The highest BCUT2D eigenvalue weighted by Crippen LogP contribution is 2.33. The zero-order valence-corrected chi connectivity index (χ0v) is 14.8. The molecule has 0 aromatic heterocycles. The van der Waals surface area contributed by atoms with Crippen molar-refractivity contribution in [2.24, 2.45) is 0 Å². The molecule has 0 unspecified atom stereocenters. The molecule has 0 bridgehead atoms. The van der Waals surface area contributed by atoms with Crippen molar-refractivity contribution in [1.82, 2.24) is 0 Å². The molecule has 2 aromatic carbocycles. The summed E-state index contributed by atoms with van der Waals surface area (Å²) in [6.45, 7) is 0. The molecule has 0 aliphatic heterocycles. The van der Waals surface area contributed by atoms with Crippen molar-refractivity contribution in [1.29, 1.82) is 0 Å². The van der Waals surface area contributed by atoms with Crippen LogP contribution in [0.15, 0.2) is 46.9 Å². The summed E-state index contributed by atoms with van der Waals surface area (Å²) in [7, 11) is -2.10. The SMILES string of the molecule is COc1cc(NS(C)(=O)=O)c(Br)c(C(=O)Oc2ccccc2)c1. The van der Waals surface area contributed by atoms with Gasteiger partial charge in [0, 0.05) is 6.07 Å². The molecule has 2 rings (SSSR count). The van der Waals surface area contributed by atoms with Gasteiger partial charge in [-0.05, 0) is 34.1 Å². The van der Waals surface area contributed by atoms with Crippen LogP contribution in [0.1, 0.15) is 10.4 Å². The van der Waals surface area contributed by atoms with Gasteiger partial charge in [-0.25, -0.2) is 13.2 Å². The smallest absolute Gasteiger partial charge is 0.344 e. The topological polar surface area (TPSA) is 81.7 Å². The van der Waals surface area contributed by atoms with Crippen molar-refractivity contribution in [2.75, 3.05) is 18.1 Å². The van der Waals surface area contributed by atoms with Crippen LogP contribution >= 0.6 is 15.9 Å². The maximum atomic E-state index is 12.3. The highest BCUT2D eigenvalue weighted by Gasteiger charge is 2.19. The molecule has 0 atom stereocenters. The number of rotatable bonds is 5. The van der Waals surface area contributed by atoms with E-state index in [1.165, 1.54) is 19.2 Å². The lowest BCUT2D eigenvalue weighted by Crippen LogP contribution is -2.14. The number of methoxy groups -OCH3 is 1. The standard InChI is InChI=1S/C15H14BrNO5S/c1-21-11-8-12(14(16)13(9-11)17-23(2,19)20)15(18)22-10-6-4-3-5-7-10/h3-9,17H,1-2H3. The minimum absolute atomic E-state index is 0.138. The van der Waals surface area contributed by atoms with E-state index >= 15 is 0 Å². The number of halogens is 1. The fourth-order valence-corrected chi connectivity index (χ4v) is 2.97. The molecule has 2 aromatic rings. The van der Waals surface area contributed by atoms with E-state index in [4.69, 9.17) is 9.47 Å². The largest absolute Gasteiger partial charge is 0.497 e. The number of esters is 1. The molecule has 0 aliphatic carbocycles. The Morgan fingerprint density at radius 1 is 1.13 bits per heavy atom. The predicted octanol–water partition coefficient (Wildman–Crippen LogP) is 3.05. The summed E-state index contributed by atoms with van der Waals surface area (Å²) in [6, 6.07) is 11.5. The average molecular weight is 400 g/mol. The van der Waals surface area contributed by atoms with Crippen LogP contribution in [0.2, 0.25) is 0 Å². The Morgan fingerprint density at radius 2 is 1.78 bits per heavy atom. The minimum Gasteiger partial charge on any atom is -0.497 e. The number of ether oxygens (including phenoxy) is 2. The van der Waals surface area contributed by atoms with Crippen molar-refractivity contribution in [2.45, 2.75) is 0 Å². The van der Waals surface area contributed by atoms with Crippen molar-refractivity contribution in [3.63, 3.8) is 0 Å². The second-order valence-corrected chi connectivity index (χ2v) is 7.15. The molecule has 0 heterocycles. The van der Waals surface area contributed by atoms with E-state index in [1.54, 1.807) is 30.3 Å². The number of hydrogen-bond donors (Lipinski definition) is 1. The highest BCUT2D eigenvalue weighted by molar-refractivity contribution is 9.10. The normalized spacial score (nSPS) is 10.9. The zero-order valence-electron chi connectivity index (χ0n) is 12.4. The second kappa shape index (κ2) is 7.01. The van der Waals surface area contributed by atoms with E-state index in [1.807, 2.05) is 0 Å². The van der Waals surface area contributed by atoms with Crippen LogP contribution in [0.25, 0.3) is 0 Å². The van der Waals surface area contributed by atoms with Crippen LogP contribution in [-0.2, 0) is 10.0 Å². The Labute approximate surface area is 142 Å². The van der Waals surface area contributed by atoms with Crippen LogP contribution in [-0.4, -0.2) is 27.8 Å². The Hall–Kier alpha value is -2.06. The Bertz CT molecular complexity index is 821. The van der Waals surface area contributed by atoms with Crippen molar-refractivity contribution < 1.29 is 22.7 Å². The van der Waals surface area contributed by atoms with E-state index in [9.17, 15) is 13.2 Å². The number of carbonyl (C=O) groups is 1. The predicted molar refractivity (Wildman–Crippen MR) is 90.6 cm³/mol. The summed E-state index contributed by atoms with van der Waals surface area (Å²) in [5, 5.41) is 0. The molecule has 122 valence electrons. The van der Waals surface area contributed by atoms with E-state index in [0.717, 1.165) is 6.26 Å². The molecule has 1 N–H and O–H groups in total. The van der Waals surface area contributed by atoms with Gasteiger partial charge in [0.05, 0.1) is 29.1 Å². The summed E-state index contributed by atoms with van der Waals surface area (Å²) in [4.78, 5) is 12.3. The number of nitrogens with one attached hydrogen (secondary N) is 1. The molecule has 0 saturated heterocycles. The maximum Gasteiger partial charge on any atom is 0.344 e. The second-order valence-electron chi connectivity index (χ2n) is 4.61. The fourth-order valence-electron chi connectivity index (χ4n) is 1.79. The lowest BCUT2D eigenvalue weighted by molar-refractivity contribution is 0.0733. The molecule has 0 amide bonds. The van der Waals surface area contributed by atoms with E-state index in [-0.39, 0.29) is 15.7 Å². The minimum atomic E-state index is -3.51. The van der Waals surface area contributed by atoms with Crippen LogP contribution in [0.4, 0.5) is 5.69 Å². The third kappa shape index (κ3) is 4.70. The van der Waals surface area contributed by atoms with Gasteiger partial charge in [0.15, 0.2) is 0 Å². The number of sulfonamides is 1. The van der Waals surface area contributed by atoms with Crippen LogP contribution in [0.3, 0.4) is 0 Å². The molecular weight excluding hydrogens is 386 g/mol. The molecule has 0 aliphatic rings. The maximum absolute atomic E-state index is 12.3. The van der Waals surface area contributed by atoms with Gasteiger partial charge in [-0.2, -0.15) is 0 Å². The van der Waals surface area contributed by atoms with Gasteiger partial charge in [-0.1, -0.05) is 18.2 Å². The molecular formula is C15H14BrNO5S. The van der Waals surface area contributed by atoms with Crippen LogP contribution < -0.4 is 14.2 Å². The number of hydrogen-bond acceptors (Lipinski definition) is 5. The summed E-state index contributed by atoms with van der Waals surface area (Å²) < 4.78 is 35.8. The van der Waals surface area contributed by atoms with Gasteiger partial charge in [0.2, 0.25) is 10.0 Å². The molecule has 0 fully saturated rings. The number of benzene rings is 2. The first kappa shape index (κ1) is 17.3. The lowest BCUT2D eigenvalue weighted by atomic mass is 10.2. The zero-order chi connectivity index (χ0) is 17.0. The van der Waals surface area contributed by atoms with Gasteiger partial charge in [-0.15, -0.1) is 0 Å². The Morgan fingerprint density at radius 3 is 2.35 bits per heavy atom. The van der Waals surface area contributed by atoms with Crippen LogP contribution in [0.5, 0.6) is 11.5 Å². The van der Waals surface area contributed by atoms with Gasteiger partial charge < -0.3 is 9.47 Å². The first-order chi connectivity index (χ1) is 10.8. The number of carbonyl (C=O) groups excluding carboxylic acids is 1. The van der Waals surface area contributed by atoms with Gasteiger partial charge >= 0.3 is 5.97 Å². The summed E-state index contributed by atoms with van der Waals surface area (Å²) >= 11 is 3.23. The van der Waals surface area contributed by atoms with E-state index in [0.29, 0.717) is 11.5 Å². The fraction of sp³-hybridized carbons (Fsp3) is 0.133. The average Bonchev–Trinajstić information content (AvgIpc) is 2.48. The van der Waals surface area contributed by atoms with E-state index in [2.05, 4.69) is 20.7 Å². The quantitative estimate of drug-likeness (QED) is 0.616. The first-order valence-corrected chi connectivity index (χ1v) is 9.11. The summed E-state index contributed by atoms with van der Waals surface area (Å²) in [6.07, 6.45) is 1.01. The Kier molecular flexibility index (Phi) is 5.27. The molecule has 0 saturated carbocycles.